The Morgan fingerprint density at radius 2 is 1.84 bits per heavy atom. The first-order chi connectivity index (χ1) is 8.78. The fraction of sp³-hybridized carbons (Fsp3) is 1.00. The molecule has 0 saturated heterocycles. The van der Waals surface area contributed by atoms with Crippen molar-refractivity contribution in [2.24, 2.45) is 0 Å². The lowest BCUT2D eigenvalue weighted by molar-refractivity contribution is -0.870. The number of quaternary nitrogens is 1. The summed E-state index contributed by atoms with van der Waals surface area (Å²) >= 11 is 0. The maximum absolute atomic E-state index is 11.7. The van der Waals surface area contributed by atoms with Gasteiger partial charge in [-0.3, -0.25) is 0 Å². The van der Waals surface area contributed by atoms with Crippen LogP contribution in [-0.2, 0) is 13.8 Å². The Kier molecular flexibility index (Phi) is 9.75. The van der Waals surface area contributed by atoms with Gasteiger partial charge in [0.15, 0.2) is 6.61 Å². The summed E-state index contributed by atoms with van der Waals surface area (Å²) < 4.78 is 23.1. The van der Waals surface area contributed by atoms with E-state index in [1.54, 1.807) is 6.92 Å². The molecule has 114 valence electrons. The van der Waals surface area contributed by atoms with Gasteiger partial charge in [0.2, 0.25) is 0 Å². The van der Waals surface area contributed by atoms with Crippen molar-refractivity contribution in [3.8, 4) is 0 Å². The topological polar surface area (TPSA) is 55.8 Å². The minimum Gasteiger partial charge on any atom is -0.371 e. The van der Waals surface area contributed by atoms with E-state index in [4.69, 9.17) is 9.26 Å². The Morgan fingerprint density at radius 1 is 1.21 bits per heavy atom. The molecule has 0 radical (unpaired) electrons. The maximum Gasteiger partial charge on any atom is 0.543 e. The number of hydrogen-bond acceptors (Lipinski definition) is 4. The number of hydrogen-bond donors (Lipinski definition) is 1. The highest BCUT2D eigenvalue weighted by Crippen LogP contribution is 2.30. The van der Waals surface area contributed by atoms with E-state index in [1.807, 2.05) is 21.1 Å². The third kappa shape index (κ3) is 10.4. The lowest BCUT2D eigenvalue weighted by Crippen LogP contribution is -2.37. The van der Waals surface area contributed by atoms with Crippen molar-refractivity contribution in [1.29, 1.82) is 0 Å². The first kappa shape index (κ1) is 18.9. The zero-order chi connectivity index (χ0) is 14.9. The second kappa shape index (κ2) is 9.78. The lowest BCUT2D eigenvalue weighted by Gasteiger charge is -2.22. The molecule has 0 aliphatic rings. The SMILES string of the molecule is CCCCCOC(C)C(O)[P+](=O)OCC[N+](C)(C)C. The Balaban J connectivity index is 3.84. The summed E-state index contributed by atoms with van der Waals surface area (Å²) in [7, 11) is 4.01. The standard InChI is InChI=1S/C13H30NO4P/c1-6-7-8-10-17-12(2)13(15)19(16)18-11-9-14(3,4)5/h12-13,15H,6-11H2,1-5H3/q+2. The predicted octanol–water partition coefficient (Wildman–Crippen LogP) is 2.37. The molecule has 0 amide bonds. The smallest absolute Gasteiger partial charge is 0.371 e. The molecule has 0 spiro atoms. The van der Waals surface area contributed by atoms with E-state index in [2.05, 4.69) is 6.92 Å². The van der Waals surface area contributed by atoms with Crippen molar-refractivity contribution < 1.29 is 23.4 Å². The van der Waals surface area contributed by atoms with Gasteiger partial charge >= 0.3 is 13.9 Å². The summed E-state index contributed by atoms with van der Waals surface area (Å²) in [6.07, 6.45) is 2.74. The van der Waals surface area contributed by atoms with Gasteiger partial charge in [0.05, 0.1) is 21.1 Å². The number of aliphatic hydroxyl groups is 1. The molecule has 5 nitrogen and oxygen atoms in total. The molecule has 0 heterocycles. The molecule has 0 aromatic rings. The van der Waals surface area contributed by atoms with E-state index in [1.165, 1.54) is 0 Å². The van der Waals surface area contributed by atoms with Crippen molar-refractivity contribution in [1.82, 2.24) is 0 Å². The van der Waals surface area contributed by atoms with Gasteiger partial charge < -0.3 is 14.3 Å². The molecule has 0 aliphatic carbocycles. The van der Waals surface area contributed by atoms with Crippen molar-refractivity contribution in [2.75, 3.05) is 40.9 Å². The second-order valence-corrected chi connectivity index (χ2v) is 7.19. The van der Waals surface area contributed by atoms with Crippen LogP contribution >= 0.6 is 8.03 Å². The summed E-state index contributed by atoms with van der Waals surface area (Å²) in [6, 6.07) is 0. The Hall–Kier alpha value is -0.0600. The Morgan fingerprint density at radius 3 is 2.37 bits per heavy atom. The van der Waals surface area contributed by atoms with E-state index in [0.717, 1.165) is 30.3 Å². The fourth-order valence-corrected chi connectivity index (χ4v) is 2.20. The van der Waals surface area contributed by atoms with Gasteiger partial charge in [0.1, 0.15) is 12.6 Å². The summed E-state index contributed by atoms with van der Waals surface area (Å²) in [4.78, 5) is 0. The average Bonchev–Trinajstić information content (AvgIpc) is 2.31. The van der Waals surface area contributed by atoms with E-state index in [9.17, 15) is 9.67 Å². The molecule has 0 rings (SSSR count). The number of rotatable bonds is 11. The van der Waals surface area contributed by atoms with Crippen LogP contribution < -0.4 is 0 Å². The normalized spacial score (nSPS) is 16.2. The van der Waals surface area contributed by atoms with Crippen molar-refractivity contribution in [2.45, 2.75) is 45.1 Å². The lowest BCUT2D eigenvalue weighted by atomic mass is 10.3. The molecule has 3 unspecified atom stereocenters. The largest absolute Gasteiger partial charge is 0.543 e. The minimum atomic E-state index is -2.09. The molecule has 0 saturated carbocycles. The van der Waals surface area contributed by atoms with Crippen LogP contribution in [0.2, 0.25) is 0 Å². The van der Waals surface area contributed by atoms with Gasteiger partial charge in [-0.15, -0.1) is 4.52 Å². The third-order valence-electron chi connectivity index (χ3n) is 2.75. The molecule has 0 aliphatic heterocycles. The van der Waals surface area contributed by atoms with Crippen LogP contribution in [-0.4, -0.2) is 62.4 Å². The molecule has 0 fully saturated rings. The van der Waals surface area contributed by atoms with Gasteiger partial charge in [0.25, 0.3) is 0 Å². The van der Waals surface area contributed by atoms with E-state index >= 15 is 0 Å². The first-order valence-corrected chi connectivity index (χ1v) is 8.22. The summed E-state index contributed by atoms with van der Waals surface area (Å²) in [5.41, 5.74) is 0. The number of unbranched alkanes of at least 4 members (excludes halogenated alkanes) is 2. The van der Waals surface area contributed by atoms with E-state index in [-0.39, 0.29) is 0 Å². The molecular weight excluding hydrogens is 265 g/mol. The molecule has 1 N–H and O–H groups in total. The number of nitrogens with zero attached hydrogens (tertiary/aromatic N) is 1. The number of aliphatic hydroxyl groups excluding tert-OH is 1. The Labute approximate surface area is 118 Å². The first-order valence-electron chi connectivity index (χ1n) is 6.97. The van der Waals surface area contributed by atoms with Crippen LogP contribution in [0.1, 0.15) is 33.1 Å². The molecule has 19 heavy (non-hydrogen) atoms. The third-order valence-corrected chi connectivity index (χ3v) is 4.03. The van der Waals surface area contributed by atoms with Crippen molar-refractivity contribution in [3.63, 3.8) is 0 Å². The van der Waals surface area contributed by atoms with Crippen LogP contribution in [0.5, 0.6) is 0 Å². The van der Waals surface area contributed by atoms with Crippen LogP contribution in [0.4, 0.5) is 0 Å². The van der Waals surface area contributed by atoms with Gasteiger partial charge in [-0.05, 0) is 17.9 Å². The Bertz CT molecular complexity index is 256. The van der Waals surface area contributed by atoms with E-state index < -0.39 is 20.0 Å². The zero-order valence-electron chi connectivity index (χ0n) is 13.0. The summed E-state index contributed by atoms with van der Waals surface area (Å²) in [5, 5.41) is 9.83. The van der Waals surface area contributed by atoms with E-state index in [0.29, 0.717) is 13.2 Å². The molecule has 0 aromatic heterocycles. The quantitative estimate of drug-likeness (QED) is 0.361. The highest BCUT2D eigenvalue weighted by molar-refractivity contribution is 7.39. The predicted molar refractivity (Wildman–Crippen MR) is 77.4 cm³/mol. The molecule has 0 bridgehead atoms. The van der Waals surface area contributed by atoms with Crippen LogP contribution in [0.25, 0.3) is 0 Å². The van der Waals surface area contributed by atoms with Crippen LogP contribution in [0, 0.1) is 0 Å². The van der Waals surface area contributed by atoms with Gasteiger partial charge in [-0.25, -0.2) is 0 Å². The molecular formula is C13H30NO4P+2. The van der Waals surface area contributed by atoms with Gasteiger partial charge in [-0.1, -0.05) is 19.8 Å². The molecule has 3 atom stereocenters. The molecule has 6 heteroatoms. The maximum atomic E-state index is 11.7. The zero-order valence-corrected chi connectivity index (χ0v) is 13.9. The monoisotopic (exact) mass is 295 g/mol. The van der Waals surface area contributed by atoms with Crippen molar-refractivity contribution in [3.05, 3.63) is 0 Å². The van der Waals surface area contributed by atoms with Crippen LogP contribution in [0.15, 0.2) is 0 Å². The number of likely N-dealkylation sites (N-methyl/N-ethyl adjacent to an activating group) is 1. The highest BCUT2D eigenvalue weighted by atomic mass is 31.1. The molecule has 0 aromatic carbocycles. The number of ether oxygens (including phenoxy) is 1. The summed E-state index contributed by atoms with van der Waals surface area (Å²) in [6.45, 7) is 5.57. The van der Waals surface area contributed by atoms with Gasteiger partial charge in [0, 0.05) is 6.61 Å². The average molecular weight is 295 g/mol. The highest BCUT2D eigenvalue weighted by Gasteiger charge is 2.37. The fourth-order valence-electron chi connectivity index (χ4n) is 1.36. The summed E-state index contributed by atoms with van der Waals surface area (Å²) in [5.74, 6) is -1.05. The van der Waals surface area contributed by atoms with Crippen LogP contribution in [0.3, 0.4) is 0 Å². The second-order valence-electron chi connectivity index (χ2n) is 5.83. The van der Waals surface area contributed by atoms with Crippen molar-refractivity contribution >= 4 is 8.03 Å². The minimum absolute atomic E-state index is 0.373. The van der Waals surface area contributed by atoms with Gasteiger partial charge in [-0.2, -0.15) is 0 Å².